The summed E-state index contributed by atoms with van der Waals surface area (Å²) in [5.41, 5.74) is 5.63. The van der Waals surface area contributed by atoms with Crippen LogP contribution in [-0.4, -0.2) is 47.0 Å². The summed E-state index contributed by atoms with van der Waals surface area (Å²) < 4.78 is 5.43. The molecule has 0 saturated carbocycles. The summed E-state index contributed by atoms with van der Waals surface area (Å²) in [5.74, 6) is -0.700. The summed E-state index contributed by atoms with van der Waals surface area (Å²) in [6, 6.07) is 9.11. The van der Waals surface area contributed by atoms with Gasteiger partial charge in [0.25, 0.3) is 11.8 Å². The maximum atomic E-state index is 12.7. The Morgan fingerprint density at radius 1 is 1.36 bits per heavy atom. The molecule has 22 heavy (non-hydrogen) atoms. The molecule has 0 radical (unpaired) electrons. The summed E-state index contributed by atoms with van der Waals surface area (Å²) in [6.45, 7) is 2.50. The lowest BCUT2D eigenvalue weighted by atomic mass is 10.0. The van der Waals surface area contributed by atoms with Crippen molar-refractivity contribution < 1.29 is 14.3 Å². The van der Waals surface area contributed by atoms with Gasteiger partial charge in [0.05, 0.1) is 18.7 Å². The Morgan fingerprint density at radius 2 is 2.18 bits per heavy atom. The van der Waals surface area contributed by atoms with Crippen LogP contribution in [0, 0.1) is 0 Å². The van der Waals surface area contributed by atoms with E-state index in [2.05, 4.69) is 4.98 Å². The molecule has 1 unspecified atom stereocenters. The predicted molar refractivity (Wildman–Crippen MR) is 81.2 cm³/mol. The number of benzene rings is 1. The Balaban J connectivity index is 1.87. The van der Waals surface area contributed by atoms with Gasteiger partial charge >= 0.3 is 0 Å². The van der Waals surface area contributed by atoms with Crippen molar-refractivity contribution in [3.05, 3.63) is 42.1 Å². The van der Waals surface area contributed by atoms with E-state index in [1.165, 1.54) is 0 Å². The molecular weight excluding hydrogens is 282 g/mol. The number of amides is 2. The van der Waals surface area contributed by atoms with Gasteiger partial charge in [0, 0.05) is 23.7 Å². The van der Waals surface area contributed by atoms with E-state index in [0.29, 0.717) is 18.7 Å². The molecule has 0 aliphatic carbocycles. The van der Waals surface area contributed by atoms with Crippen LogP contribution in [0.5, 0.6) is 0 Å². The minimum atomic E-state index is -1.13. The van der Waals surface area contributed by atoms with E-state index in [1.54, 1.807) is 24.1 Å². The zero-order valence-electron chi connectivity index (χ0n) is 12.3. The number of aromatic nitrogens is 1. The molecule has 2 aromatic rings. The Kier molecular flexibility index (Phi) is 3.54. The minimum absolute atomic E-state index is 0.137. The number of pyridine rings is 1. The second kappa shape index (κ2) is 5.38. The number of nitrogens with two attached hydrogens (primary N) is 1. The Bertz CT molecular complexity index is 746. The van der Waals surface area contributed by atoms with Crippen molar-refractivity contribution in [3.63, 3.8) is 0 Å². The van der Waals surface area contributed by atoms with Gasteiger partial charge in [0.1, 0.15) is 0 Å². The van der Waals surface area contributed by atoms with Crippen molar-refractivity contribution >= 4 is 22.7 Å². The highest BCUT2D eigenvalue weighted by atomic mass is 16.5. The van der Waals surface area contributed by atoms with E-state index < -0.39 is 11.5 Å². The van der Waals surface area contributed by atoms with Gasteiger partial charge in [-0.2, -0.15) is 0 Å². The highest BCUT2D eigenvalue weighted by Gasteiger charge is 2.39. The first-order valence-electron chi connectivity index (χ1n) is 7.07. The number of carbonyl (C=O) groups excluding carboxylic acids is 2. The van der Waals surface area contributed by atoms with E-state index in [9.17, 15) is 9.59 Å². The first kappa shape index (κ1) is 14.5. The van der Waals surface area contributed by atoms with Gasteiger partial charge in [0.2, 0.25) is 0 Å². The molecule has 6 heteroatoms. The van der Waals surface area contributed by atoms with Gasteiger partial charge in [-0.25, -0.2) is 0 Å². The van der Waals surface area contributed by atoms with Gasteiger partial charge in [-0.3, -0.25) is 14.6 Å². The van der Waals surface area contributed by atoms with Gasteiger partial charge in [0.15, 0.2) is 5.60 Å². The number of primary amides is 1. The van der Waals surface area contributed by atoms with Crippen LogP contribution in [0.1, 0.15) is 17.3 Å². The van der Waals surface area contributed by atoms with Crippen LogP contribution in [0.4, 0.5) is 0 Å². The van der Waals surface area contributed by atoms with Crippen molar-refractivity contribution in [2.75, 3.05) is 19.7 Å². The molecule has 0 spiro atoms. The molecule has 2 amide bonds. The molecule has 1 aliphatic rings. The summed E-state index contributed by atoms with van der Waals surface area (Å²) in [5, 5.41) is 0.902. The lowest BCUT2D eigenvalue weighted by Gasteiger charge is -2.38. The minimum Gasteiger partial charge on any atom is -0.367 e. The number of hydrogen-bond donors (Lipinski definition) is 1. The van der Waals surface area contributed by atoms with Crippen molar-refractivity contribution in [2.45, 2.75) is 12.5 Å². The van der Waals surface area contributed by atoms with Crippen LogP contribution in [0.25, 0.3) is 10.9 Å². The van der Waals surface area contributed by atoms with Crippen LogP contribution in [-0.2, 0) is 9.53 Å². The summed E-state index contributed by atoms with van der Waals surface area (Å²) in [6.07, 6.45) is 1.71. The van der Waals surface area contributed by atoms with Crippen LogP contribution in [0.3, 0.4) is 0 Å². The monoisotopic (exact) mass is 299 g/mol. The van der Waals surface area contributed by atoms with E-state index in [0.717, 1.165) is 10.9 Å². The second-order valence-electron chi connectivity index (χ2n) is 5.58. The second-order valence-corrected chi connectivity index (χ2v) is 5.58. The molecule has 2 heterocycles. The standard InChI is InChI=1S/C16H17N3O3/c1-16(15(17)21)10-19(7-8-22-16)14(20)12-4-5-13-11(9-12)3-2-6-18-13/h2-6,9H,7-8,10H2,1H3,(H2,17,21). The molecule has 1 fully saturated rings. The first-order valence-corrected chi connectivity index (χ1v) is 7.07. The molecule has 1 aromatic heterocycles. The number of morpholine rings is 1. The van der Waals surface area contributed by atoms with Crippen LogP contribution < -0.4 is 5.73 Å². The number of rotatable bonds is 2. The molecule has 1 aromatic carbocycles. The topological polar surface area (TPSA) is 85.5 Å². The Morgan fingerprint density at radius 3 is 2.95 bits per heavy atom. The largest absolute Gasteiger partial charge is 0.367 e. The zero-order chi connectivity index (χ0) is 15.7. The van der Waals surface area contributed by atoms with Crippen molar-refractivity contribution in [1.82, 2.24) is 9.88 Å². The Hall–Kier alpha value is -2.47. The molecule has 3 rings (SSSR count). The van der Waals surface area contributed by atoms with E-state index in [-0.39, 0.29) is 12.5 Å². The third-order valence-electron chi connectivity index (χ3n) is 3.93. The zero-order valence-corrected chi connectivity index (χ0v) is 12.3. The van der Waals surface area contributed by atoms with Gasteiger partial charge in [-0.05, 0) is 31.2 Å². The third-order valence-corrected chi connectivity index (χ3v) is 3.93. The highest BCUT2D eigenvalue weighted by molar-refractivity contribution is 5.98. The maximum absolute atomic E-state index is 12.7. The average Bonchev–Trinajstić information content (AvgIpc) is 2.53. The average molecular weight is 299 g/mol. The number of ether oxygens (including phenoxy) is 1. The van der Waals surface area contributed by atoms with Crippen LogP contribution >= 0.6 is 0 Å². The number of hydrogen-bond acceptors (Lipinski definition) is 4. The predicted octanol–water partition coefficient (Wildman–Crippen LogP) is 0.951. The quantitative estimate of drug-likeness (QED) is 0.894. The van der Waals surface area contributed by atoms with Crippen molar-refractivity contribution in [2.24, 2.45) is 5.73 Å². The van der Waals surface area contributed by atoms with Gasteiger partial charge < -0.3 is 15.4 Å². The van der Waals surface area contributed by atoms with E-state index in [1.807, 2.05) is 24.3 Å². The maximum Gasteiger partial charge on any atom is 0.254 e. The molecular formula is C16H17N3O3. The van der Waals surface area contributed by atoms with Crippen molar-refractivity contribution in [1.29, 1.82) is 0 Å². The van der Waals surface area contributed by atoms with Gasteiger partial charge in [-0.1, -0.05) is 6.07 Å². The van der Waals surface area contributed by atoms with Crippen LogP contribution in [0.15, 0.2) is 36.5 Å². The summed E-state index contributed by atoms with van der Waals surface area (Å²) in [4.78, 5) is 30.0. The normalized spacial score (nSPS) is 21.8. The summed E-state index contributed by atoms with van der Waals surface area (Å²) in [7, 11) is 0. The smallest absolute Gasteiger partial charge is 0.254 e. The highest BCUT2D eigenvalue weighted by Crippen LogP contribution is 2.20. The molecule has 1 saturated heterocycles. The molecule has 114 valence electrons. The lowest BCUT2D eigenvalue weighted by Crippen LogP contribution is -2.58. The Labute approximate surface area is 127 Å². The fraction of sp³-hybridized carbons (Fsp3) is 0.312. The number of fused-ring (bicyclic) bond motifs is 1. The number of carbonyl (C=O) groups is 2. The third kappa shape index (κ3) is 2.53. The van der Waals surface area contributed by atoms with Crippen LogP contribution in [0.2, 0.25) is 0 Å². The molecule has 0 bridgehead atoms. The fourth-order valence-corrected chi connectivity index (χ4v) is 2.58. The molecule has 6 nitrogen and oxygen atoms in total. The number of nitrogens with zero attached hydrogens (tertiary/aromatic N) is 2. The SMILES string of the molecule is CC1(C(N)=O)CN(C(=O)c2ccc3ncccc3c2)CCO1. The van der Waals surface area contributed by atoms with E-state index >= 15 is 0 Å². The van der Waals surface area contributed by atoms with E-state index in [4.69, 9.17) is 10.5 Å². The molecule has 2 N–H and O–H groups in total. The van der Waals surface area contributed by atoms with Crippen molar-refractivity contribution in [3.8, 4) is 0 Å². The molecule has 1 atom stereocenters. The fourth-order valence-electron chi connectivity index (χ4n) is 2.58. The molecule has 1 aliphatic heterocycles. The summed E-state index contributed by atoms with van der Waals surface area (Å²) >= 11 is 0. The first-order chi connectivity index (χ1) is 10.5. The van der Waals surface area contributed by atoms with Gasteiger partial charge in [-0.15, -0.1) is 0 Å². The lowest BCUT2D eigenvalue weighted by molar-refractivity contribution is -0.150.